The summed E-state index contributed by atoms with van der Waals surface area (Å²) in [6.45, 7) is 8.07. The SMILES string of the molecule is CC(=O)CCC(=C(C)C)[C@H]1CCCN1S(=O)(=O)c1ccc(C)cc1. The van der Waals surface area contributed by atoms with Gasteiger partial charge in [-0.3, -0.25) is 0 Å². The first kappa shape index (κ1) is 18.9. The molecule has 5 heteroatoms. The van der Waals surface area contributed by atoms with E-state index in [-0.39, 0.29) is 11.8 Å². The second-order valence-corrected chi connectivity index (χ2v) is 8.70. The van der Waals surface area contributed by atoms with E-state index in [1.807, 2.05) is 32.9 Å². The highest BCUT2D eigenvalue weighted by Gasteiger charge is 2.37. The van der Waals surface area contributed by atoms with Crippen LogP contribution in [-0.4, -0.2) is 31.1 Å². The Kier molecular flexibility index (Phi) is 5.99. The van der Waals surface area contributed by atoms with E-state index >= 15 is 0 Å². The topological polar surface area (TPSA) is 54.5 Å². The number of hydrogen-bond donors (Lipinski definition) is 0. The molecule has 24 heavy (non-hydrogen) atoms. The van der Waals surface area contributed by atoms with Crippen LogP contribution < -0.4 is 0 Å². The molecule has 0 aliphatic carbocycles. The van der Waals surface area contributed by atoms with Gasteiger partial charge in [0.1, 0.15) is 5.78 Å². The molecule has 1 aliphatic heterocycles. The Morgan fingerprint density at radius 2 is 1.75 bits per heavy atom. The van der Waals surface area contributed by atoms with Crippen molar-refractivity contribution in [3.8, 4) is 0 Å². The average Bonchev–Trinajstić information content (AvgIpc) is 2.97. The lowest BCUT2D eigenvalue weighted by molar-refractivity contribution is -0.117. The van der Waals surface area contributed by atoms with E-state index in [4.69, 9.17) is 0 Å². The fourth-order valence-corrected chi connectivity index (χ4v) is 4.97. The molecule has 2 rings (SSSR count). The summed E-state index contributed by atoms with van der Waals surface area (Å²) in [6, 6.07) is 6.89. The van der Waals surface area contributed by atoms with Crippen LogP contribution in [-0.2, 0) is 14.8 Å². The number of Topliss-reactive ketones (excluding diaryl/α,β-unsaturated/α-hetero) is 1. The maximum absolute atomic E-state index is 13.1. The van der Waals surface area contributed by atoms with Gasteiger partial charge in [-0.25, -0.2) is 8.42 Å². The van der Waals surface area contributed by atoms with E-state index in [0.717, 1.165) is 29.6 Å². The van der Waals surface area contributed by atoms with Gasteiger partial charge in [-0.1, -0.05) is 28.8 Å². The molecule has 1 aliphatic rings. The third-order valence-corrected chi connectivity index (χ3v) is 6.54. The fraction of sp³-hybridized carbons (Fsp3) is 0.526. The number of ketones is 1. The zero-order valence-electron chi connectivity index (χ0n) is 15.0. The van der Waals surface area contributed by atoms with E-state index in [9.17, 15) is 13.2 Å². The highest BCUT2D eigenvalue weighted by atomic mass is 32.2. The summed E-state index contributed by atoms with van der Waals surface area (Å²) in [4.78, 5) is 11.7. The Morgan fingerprint density at radius 3 is 2.29 bits per heavy atom. The third kappa shape index (κ3) is 4.14. The highest BCUT2D eigenvalue weighted by molar-refractivity contribution is 7.89. The van der Waals surface area contributed by atoms with Gasteiger partial charge in [-0.15, -0.1) is 0 Å². The zero-order chi connectivity index (χ0) is 17.9. The third-order valence-electron chi connectivity index (χ3n) is 4.62. The minimum absolute atomic E-state index is 0.124. The molecular formula is C19H27NO3S. The van der Waals surface area contributed by atoms with Crippen LogP contribution in [0.15, 0.2) is 40.3 Å². The molecule has 4 nitrogen and oxygen atoms in total. The van der Waals surface area contributed by atoms with Crippen LogP contribution >= 0.6 is 0 Å². The van der Waals surface area contributed by atoms with Crippen LogP contribution in [0.2, 0.25) is 0 Å². The van der Waals surface area contributed by atoms with Gasteiger partial charge in [0.15, 0.2) is 0 Å². The second kappa shape index (κ2) is 7.62. The van der Waals surface area contributed by atoms with Crippen molar-refractivity contribution in [2.45, 2.75) is 64.3 Å². The Hall–Kier alpha value is -1.46. The Bertz CT molecular complexity index is 728. The maximum atomic E-state index is 13.1. The first-order valence-corrected chi connectivity index (χ1v) is 9.91. The molecule has 1 aromatic carbocycles. The molecule has 1 aromatic rings. The van der Waals surface area contributed by atoms with Crippen LogP contribution in [0.3, 0.4) is 0 Å². The minimum atomic E-state index is -3.51. The predicted octanol–water partition coefficient (Wildman–Crippen LogP) is 3.85. The van der Waals surface area contributed by atoms with Crippen molar-refractivity contribution in [1.29, 1.82) is 0 Å². The Morgan fingerprint density at radius 1 is 1.12 bits per heavy atom. The molecule has 0 radical (unpaired) electrons. The molecule has 0 spiro atoms. The first-order chi connectivity index (χ1) is 11.2. The number of aryl methyl sites for hydroxylation is 1. The van der Waals surface area contributed by atoms with Gasteiger partial charge >= 0.3 is 0 Å². The quantitative estimate of drug-likeness (QED) is 0.733. The molecule has 1 atom stereocenters. The summed E-state index contributed by atoms with van der Waals surface area (Å²) in [5, 5.41) is 0. The molecule has 0 bridgehead atoms. The van der Waals surface area contributed by atoms with Crippen molar-refractivity contribution < 1.29 is 13.2 Å². The van der Waals surface area contributed by atoms with Crippen LogP contribution in [0.25, 0.3) is 0 Å². The number of nitrogens with zero attached hydrogens (tertiary/aromatic N) is 1. The van der Waals surface area contributed by atoms with Gasteiger partial charge in [0, 0.05) is 19.0 Å². The van der Waals surface area contributed by atoms with Gasteiger partial charge in [0.2, 0.25) is 10.0 Å². The van der Waals surface area contributed by atoms with Gasteiger partial charge in [-0.05, 0) is 59.1 Å². The summed E-state index contributed by atoms with van der Waals surface area (Å²) < 4.78 is 27.7. The number of benzene rings is 1. The number of carbonyl (C=O) groups is 1. The van der Waals surface area contributed by atoms with Crippen LogP contribution in [0.4, 0.5) is 0 Å². The molecule has 0 saturated carbocycles. The van der Waals surface area contributed by atoms with Crippen molar-refractivity contribution in [3.63, 3.8) is 0 Å². The average molecular weight is 349 g/mol. The molecular weight excluding hydrogens is 322 g/mol. The number of carbonyl (C=O) groups excluding carboxylic acids is 1. The Labute approximate surface area is 145 Å². The van der Waals surface area contributed by atoms with E-state index < -0.39 is 10.0 Å². The van der Waals surface area contributed by atoms with Crippen molar-refractivity contribution >= 4 is 15.8 Å². The zero-order valence-corrected chi connectivity index (χ0v) is 15.8. The number of hydrogen-bond acceptors (Lipinski definition) is 3. The van der Waals surface area contributed by atoms with Gasteiger partial charge in [0.05, 0.1) is 4.90 Å². The molecule has 0 amide bonds. The molecule has 132 valence electrons. The Balaban J connectivity index is 2.33. The predicted molar refractivity (Wildman–Crippen MR) is 96.4 cm³/mol. The molecule has 0 unspecified atom stereocenters. The number of sulfonamides is 1. The molecule has 0 aromatic heterocycles. The summed E-state index contributed by atoms with van der Waals surface area (Å²) >= 11 is 0. The minimum Gasteiger partial charge on any atom is -0.300 e. The van der Waals surface area contributed by atoms with Gasteiger partial charge in [-0.2, -0.15) is 4.31 Å². The highest BCUT2D eigenvalue weighted by Crippen LogP contribution is 2.33. The van der Waals surface area contributed by atoms with Gasteiger partial charge in [0.25, 0.3) is 0 Å². The molecule has 0 N–H and O–H groups in total. The van der Waals surface area contributed by atoms with E-state index in [2.05, 4.69) is 0 Å². The largest absolute Gasteiger partial charge is 0.300 e. The monoisotopic (exact) mass is 349 g/mol. The summed E-state index contributed by atoms with van der Waals surface area (Å²) in [5.41, 5.74) is 3.25. The summed E-state index contributed by atoms with van der Waals surface area (Å²) in [7, 11) is -3.51. The molecule has 1 saturated heterocycles. The van der Waals surface area contributed by atoms with Gasteiger partial charge < -0.3 is 4.79 Å². The number of rotatable bonds is 6. The second-order valence-electron chi connectivity index (χ2n) is 6.81. The van der Waals surface area contributed by atoms with E-state index in [0.29, 0.717) is 24.3 Å². The van der Waals surface area contributed by atoms with E-state index in [1.54, 1.807) is 23.4 Å². The van der Waals surface area contributed by atoms with E-state index in [1.165, 1.54) is 0 Å². The smallest absolute Gasteiger partial charge is 0.243 e. The van der Waals surface area contributed by atoms with Crippen LogP contribution in [0.5, 0.6) is 0 Å². The molecule has 1 fully saturated rings. The standard InChI is InChI=1S/C19H27NO3S/c1-14(2)18(12-9-16(4)21)19-6-5-13-20(19)24(22,23)17-10-7-15(3)8-11-17/h7-8,10-11,19H,5-6,9,12-13H2,1-4H3/t19-/m1/s1. The lowest BCUT2D eigenvalue weighted by Gasteiger charge is -2.27. The fourth-order valence-electron chi connectivity index (χ4n) is 3.28. The summed E-state index contributed by atoms with van der Waals surface area (Å²) in [6.07, 6.45) is 2.79. The summed E-state index contributed by atoms with van der Waals surface area (Å²) in [5.74, 6) is 0.139. The number of allylic oxidation sites excluding steroid dienone is 1. The molecule has 1 heterocycles. The first-order valence-electron chi connectivity index (χ1n) is 8.47. The van der Waals surface area contributed by atoms with Crippen LogP contribution in [0.1, 0.15) is 52.0 Å². The lowest BCUT2D eigenvalue weighted by Crippen LogP contribution is -2.37. The lowest BCUT2D eigenvalue weighted by atomic mass is 9.95. The van der Waals surface area contributed by atoms with Crippen LogP contribution in [0, 0.1) is 6.92 Å². The van der Waals surface area contributed by atoms with Crippen molar-refractivity contribution in [1.82, 2.24) is 4.31 Å². The van der Waals surface area contributed by atoms with Crippen molar-refractivity contribution in [2.24, 2.45) is 0 Å². The normalized spacial score (nSPS) is 18.6. The van der Waals surface area contributed by atoms with Crippen molar-refractivity contribution in [3.05, 3.63) is 41.0 Å². The van der Waals surface area contributed by atoms with Crippen molar-refractivity contribution in [2.75, 3.05) is 6.54 Å². The maximum Gasteiger partial charge on any atom is 0.243 e.